The van der Waals surface area contributed by atoms with Crippen molar-refractivity contribution >= 4 is 11.8 Å². The van der Waals surface area contributed by atoms with E-state index in [4.69, 9.17) is 5.11 Å². The number of carbonyl (C=O) groups is 2. The van der Waals surface area contributed by atoms with Gasteiger partial charge >= 0.3 is 12.1 Å². The van der Waals surface area contributed by atoms with Gasteiger partial charge in [0.15, 0.2) is 5.78 Å². The Hall–Kier alpha value is -1.07. The average molecular weight is 184 g/mol. The summed E-state index contributed by atoms with van der Waals surface area (Å²) in [6.45, 7) is 1.18. The fourth-order valence-corrected chi connectivity index (χ4v) is 0.664. The van der Waals surface area contributed by atoms with Crippen LogP contribution < -0.4 is 0 Å². The molecule has 3 nitrogen and oxygen atoms in total. The summed E-state index contributed by atoms with van der Waals surface area (Å²) in [6, 6.07) is 0. The topological polar surface area (TPSA) is 54.4 Å². The van der Waals surface area contributed by atoms with Crippen molar-refractivity contribution in [2.45, 2.75) is 19.5 Å². The lowest BCUT2D eigenvalue weighted by molar-refractivity contribution is -0.194. The number of alkyl halides is 3. The van der Waals surface area contributed by atoms with Crippen molar-refractivity contribution in [2.24, 2.45) is 5.92 Å². The third-order valence-electron chi connectivity index (χ3n) is 1.24. The Balaban J connectivity index is 4.68. The highest BCUT2D eigenvalue weighted by Crippen LogP contribution is 2.27. The van der Waals surface area contributed by atoms with Gasteiger partial charge in [0, 0.05) is 6.42 Å². The van der Waals surface area contributed by atoms with Gasteiger partial charge in [0.2, 0.25) is 5.92 Å². The third-order valence-corrected chi connectivity index (χ3v) is 1.24. The molecule has 0 bridgehead atoms. The van der Waals surface area contributed by atoms with Crippen LogP contribution in [0.3, 0.4) is 0 Å². The quantitative estimate of drug-likeness (QED) is 0.671. The van der Waals surface area contributed by atoms with Crippen molar-refractivity contribution in [1.82, 2.24) is 0 Å². The Morgan fingerprint density at radius 2 is 1.83 bits per heavy atom. The highest BCUT2D eigenvalue weighted by atomic mass is 19.4. The van der Waals surface area contributed by atoms with Gasteiger partial charge in [0.25, 0.3) is 0 Å². The van der Waals surface area contributed by atoms with Gasteiger partial charge in [-0.2, -0.15) is 13.2 Å². The first-order chi connectivity index (χ1) is 5.30. The number of halogens is 3. The molecule has 0 amide bonds. The first-order valence-corrected chi connectivity index (χ1v) is 3.13. The summed E-state index contributed by atoms with van der Waals surface area (Å²) in [5.41, 5.74) is 0. The van der Waals surface area contributed by atoms with Crippen LogP contribution in [0.1, 0.15) is 13.3 Å². The molecule has 0 aromatic heterocycles. The SMILES string of the molecule is CCC(=O)C(C(=O)O)C(F)(F)F. The van der Waals surface area contributed by atoms with Gasteiger partial charge in [0.1, 0.15) is 0 Å². The van der Waals surface area contributed by atoms with E-state index in [-0.39, 0.29) is 0 Å². The number of carboxylic acids is 1. The van der Waals surface area contributed by atoms with Crippen LogP contribution in [0.2, 0.25) is 0 Å². The number of Topliss-reactive ketones (excluding diaryl/α,β-unsaturated/α-hetero) is 1. The first-order valence-electron chi connectivity index (χ1n) is 3.13. The average Bonchev–Trinajstić information content (AvgIpc) is 1.83. The van der Waals surface area contributed by atoms with E-state index in [9.17, 15) is 22.8 Å². The molecule has 0 aromatic rings. The standard InChI is InChI=1S/C6H7F3O3/c1-2-3(10)4(5(11)12)6(7,8)9/h4H,2H2,1H3,(H,11,12). The molecule has 0 aliphatic rings. The smallest absolute Gasteiger partial charge is 0.409 e. The maximum atomic E-state index is 11.8. The molecule has 1 unspecified atom stereocenters. The summed E-state index contributed by atoms with van der Waals surface area (Å²) >= 11 is 0. The van der Waals surface area contributed by atoms with E-state index >= 15 is 0 Å². The van der Waals surface area contributed by atoms with Crippen molar-refractivity contribution in [2.75, 3.05) is 0 Å². The minimum Gasteiger partial charge on any atom is -0.480 e. The zero-order valence-electron chi connectivity index (χ0n) is 6.18. The molecule has 0 saturated carbocycles. The fraction of sp³-hybridized carbons (Fsp3) is 0.667. The van der Waals surface area contributed by atoms with Crippen LogP contribution in [0.15, 0.2) is 0 Å². The van der Waals surface area contributed by atoms with Gasteiger partial charge in [0.05, 0.1) is 0 Å². The van der Waals surface area contributed by atoms with Crippen LogP contribution in [-0.2, 0) is 9.59 Å². The van der Waals surface area contributed by atoms with E-state index in [1.807, 2.05) is 0 Å². The Morgan fingerprint density at radius 3 is 1.92 bits per heavy atom. The predicted octanol–water partition coefficient (Wildman–Crippen LogP) is 1.23. The van der Waals surface area contributed by atoms with Gasteiger partial charge in [-0.15, -0.1) is 0 Å². The summed E-state index contributed by atoms with van der Waals surface area (Å²) in [7, 11) is 0. The summed E-state index contributed by atoms with van der Waals surface area (Å²) in [4.78, 5) is 20.5. The molecular formula is C6H7F3O3. The van der Waals surface area contributed by atoms with E-state index in [1.165, 1.54) is 6.92 Å². The van der Waals surface area contributed by atoms with Gasteiger partial charge in [-0.05, 0) is 0 Å². The normalized spacial score (nSPS) is 14.0. The predicted molar refractivity (Wildman–Crippen MR) is 32.5 cm³/mol. The summed E-state index contributed by atoms with van der Waals surface area (Å²) in [5, 5.41) is 8.07. The molecule has 0 aromatic carbocycles. The molecule has 0 rings (SSSR count). The van der Waals surface area contributed by atoms with Crippen molar-refractivity contribution < 1.29 is 27.9 Å². The lowest BCUT2D eigenvalue weighted by Gasteiger charge is -2.13. The number of carboxylic acid groups (broad SMARTS) is 1. The number of hydrogen-bond donors (Lipinski definition) is 1. The summed E-state index contributed by atoms with van der Waals surface area (Å²) in [6.07, 6.45) is -5.42. The Bertz CT molecular complexity index is 197. The van der Waals surface area contributed by atoms with E-state index in [0.29, 0.717) is 0 Å². The number of rotatable bonds is 3. The fourth-order valence-electron chi connectivity index (χ4n) is 0.664. The third kappa shape index (κ3) is 2.52. The summed E-state index contributed by atoms with van der Waals surface area (Å²) < 4.78 is 35.4. The van der Waals surface area contributed by atoms with Gasteiger partial charge in [-0.1, -0.05) is 6.92 Å². The largest absolute Gasteiger partial charge is 0.480 e. The highest BCUT2D eigenvalue weighted by molar-refractivity contribution is 5.98. The Morgan fingerprint density at radius 1 is 1.42 bits per heavy atom. The molecule has 1 N–H and O–H groups in total. The molecule has 12 heavy (non-hydrogen) atoms. The molecular weight excluding hydrogens is 177 g/mol. The summed E-state index contributed by atoms with van der Waals surface area (Å²) in [5.74, 6) is -6.34. The van der Waals surface area contributed by atoms with Gasteiger partial charge in [-0.25, -0.2) is 0 Å². The number of aliphatic carboxylic acids is 1. The van der Waals surface area contributed by atoms with Gasteiger partial charge < -0.3 is 5.11 Å². The monoisotopic (exact) mass is 184 g/mol. The van der Waals surface area contributed by atoms with E-state index in [2.05, 4.69) is 0 Å². The van der Waals surface area contributed by atoms with Crippen molar-refractivity contribution in [3.63, 3.8) is 0 Å². The first kappa shape index (κ1) is 10.9. The van der Waals surface area contributed by atoms with Crippen LogP contribution in [0.25, 0.3) is 0 Å². The van der Waals surface area contributed by atoms with Crippen LogP contribution >= 0.6 is 0 Å². The van der Waals surface area contributed by atoms with Crippen molar-refractivity contribution in [3.05, 3.63) is 0 Å². The lowest BCUT2D eigenvalue weighted by Crippen LogP contribution is -2.36. The second-order valence-electron chi connectivity index (χ2n) is 2.13. The maximum Gasteiger partial charge on any atom is 0.409 e. The second-order valence-corrected chi connectivity index (χ2v) is 2.13. The molecule has 0 heterocycles. The minimum atomic E-state index is -4.99. The van der Waals surface area contributed by atoms with Crippen LogP contribution in [0, 0.1) is 5.92 Å². The highest BCUT2D eigenvalue weighted by Gasteiger charge is 2.49. The number of ketones is 1. The number of hydrogen-bond acceptors (Lipinski definition) is 2. The molecule has 0 radical (unpaired) electrons. The molecule has 6 heteroatoms. The molecule has 0 saturated heterocycles. The van der Waals surface area contributed by atoms with E-state index < -0.39 is 30.3 Å². The Kier molecular flexibility index (Phi) is 3.24. The van der Waals surface area contributed by atoms with Crippen LogP contribution in [-0.4, -0.2) is 23.0 Å². The van der Waals surface area contributed by atoms with E-state index in [1.54, 1.807) is 0 Å². The van der Waals surface area contributed by atoms with Crippen molar-refractivity contribution in [3.8, 4) is 0 Å². The number of carbonyl (C=O) groups excluding carboxylic acids is 1. The Labute approximate surface area is 66.2 Å². The van der Waals surface area contributed by atoms with Gasteiger partial charge in [-0.3, -0.25) is 9.59 Å². The minimum absolute atomic E-state index is 0.434. The second kappa shape index (κ2) is 3.55. The molecule has 1 atom stereocenters. The molecule has 0 fully saturated rings. The molecule has 70 valence electrons. The zero-order chi connectivity index (χ0) is 9.94. The van der Waals surface area contributed by atoms with E-state index in [0.717, 1.165) is 0 Å². The molecule has 0 spiro atoms. The van der Waals surface area contributed by atoms with Crippen LogP contribution in [0.5, 0.6) is 0 Å². The lowest BCUT2D eigenvalue weighted by atomic mass is 10.0. The zero-order valence-corrected chi connectivity index (χ0v) is 6.18. The molecule has 0 aliphatic carbocycles. The van der Waals surface area contributed by atoms with Crippen LogP contribution in [0.4, 0.5) is 13.2 Å². The maximum absolute atomic E-state index is 11.8. The molecule has 0 aliphatic heterocycles. The van der Waals surface area contributed by atoms with Crippen molar-refractivity contribution in [1.29, 1.82) is 0 Å².